The molecule has 1 saturated heterocycles. The van der Waals surface area contributed by atoms with Gasteiger partial charge in [-0.15, -0.1) is 15.3 Å². The van der Waals surface area contributed by atoms with E-state index in [9.17, 15) is 0 Å². The molecule has 0 N–H and O–H groups in total. The molecule has 8 nitrogen and oxygen atoms in total. The topological polar surface area (TPSA) is 77.0 Å². The van der Waals surface area contributed by atoms with E-state index in [4.69, 9.17) is 5.10 Å². The van der Waals surface area contributed by atoms with Crippen LogP contribution in [0.5, 0.6) is 0 Å². The lowest BCUT2D eigenvalue weighted by molar-refractivity contribution is 0.198. The van der Waals surface area contributed by atoms with Gasteiger partial charge in [0.15, 0.2) is 11.5 Å². The van der Waals surface area contributed by atoms with E-state index in [-0.39, 0.29) is 5.41 Å². The van der Waals surface area contributed by atoms with E-state index in [0.717, 1.165) is 56.2 Å². The SMILES string of the molecule is CC(C)(C)c1ccc2nnc(C3CCN(CCn4ccnn4)CC3)n2n1. The van der Waals surface area contributed by atoms with Crippen molar-refractivity contribution in [3.63, 3.8) is 0 Å². The zero-order valence-corrected chi connectivity index (χ0v) is 15.7. The second-order valence-corrected chi connectivity index (χ2v) is 8.08. The van der Waals surface area contributed by atoms with Crippen LogP contribution in [0.4, 0.5) is 0 Å². The minimum atomic E-state index is 0.0143. The zero-order valence-electron chi connectivity index (χ0n) is 15.7. The van der Waals surface area contributed by atoms with E-state index >= 15 is 0 Å². The molecule has 0 bridgehead atoms. The van der Waals surface area contributed by atoms with E-state index in [0.29, 0.717) is 5.92 Å². The highest BCUT2D eigenvalue weighted by atomic mass is 15.4. The monoisotopic (exact) mass is 354 g/mol. The molecule has 1 aliphatic rings. The summed E-state index contributed by atoms with van der Waals surface area (Å²) in [5.41, 5.74) is 1.92. The first-order valence-corrected chi connectivity index (χ1v) is 9.30. The maximum absolute atomic E-state index is 4.83. The quantitative estimate of drug-likeness (QED) is 0.712. The standard InChI is InChI=1S/C18H26N8/c1-18(2,3)15-4-5-16-20-21-17(26(16)22-15)14-6-9-24(10-7-14)12-13-25-11-8-19-23-25/h4-5,8,11,14H,6-7,9-10,12-13H2,1-3H3. The Kier molecular flexibility index (Phi) is 4.44. The summed E-state index contributed by atoms with van der Waals surface area (Å²) in [6, 6.07) is 4.08. The fraction of sp³-hybridized carbons (Fsp3) is 0.611. The highest BCUT2D eigenvalue weighted by Gasteiger charge is 2.26. The second kappa shape index (κ2) is 6.75. The number of hydrogen-bond acceptors (Lipinski definition) is 6. The van der Waals surface area contributed by atoms with E-state index in [2.05, 4.69) is 52.2 Å². The third-order valence-corrected chi connectivity index (χ3v) is 5.13. The molecule has 0 saturated carbocycles. The molecule has 3 aromatic heterocycles. The van der Waals surface area contributed by atoms with E-state index < -0.39 is 0 Å². The van der Waals surface area contributed by atoms with Crippen molar-refractivity contribution in [3.05, 3.63) is 36.0 Å². The first-order valence-electron chi connectivity index (χ1n) is 9.30. The van der Waals surface area contributed by atoms with Gasteiger partial charge in [-0.25, -0.2) is 0 Å². The van der Waals surface area contributed by atoms with E-state index in [1.54, 1.807) is 6.20 Å². The number of likely N-dealkylation sites (tertiary alicyclic amines) is 1. The van der Waals surface area contributed by atoms with Gasteiger partial charge in [-0.05, 0) is 38.1 Å². The fourth-order valence-electron chi connectivity index (χ4n) is 3.47. The predicted octanol–water partition coefficient (Wildman–Crippen LogP) is 1.89. The van der Waals surface area contributed by atoms with Crippen LogP contribution in [0.15, 0.2) is 24.5 Å². The molecule has 138 valence electrons. The lowest BCUT2D eigenvalue weighted by Gasteiger charge is -2.30. The predicted molar refractivity (Wildman–Crippen MR) is 97.9 cm³/mol. The third-order valence-electron chi connectivity index (χ3n) is 5.13. The molecular weight excluding hydrogens is 328 g/mol. The minimum absolute atomic E-state index is 0.0143. The van der Waals surface area contributed by atoms with Gasteiger partial charge in [-0.2, -0.15) is 9.61 Å². The Morgan fingerprint density at radius 1 is 1.08 bits per heavy atom. The van der Waals surface area contributed by atoms with Crippen molar-refractivity contribution in [2.75, 3.05) is 19.6 Å². The van der Waals surface area contributed by atoms with Crippen molar-refractivity contribution in [3.8, 4) is 0 Å². The summed E-state index contributed by atoms with van der Waals surface area (Å²) in [5.74, 6) is 1.41. The Morgan fingerprint density at radius 3 is 2.58 bits per heavy atom. The molecule has 0 atom stereocenters. The highest BCUT2D eigenvalue weighted by Crippen LogP contribution is 2.27. The normalized spacial score (nSPS) is 17.2. The summed E-state index contributed by atoms with van der Waals surface area (Å²) < 4.78 is 3.84. The Hall–Kier alpha value is -2.35. The summed E-state index contributed by atoms with van der Waals surface area (Å²) in [4.78, 5) is 2.48. The van der Waals surface area contributed by atoms with Crippen molar-refractivity contribution in [1.82, 2.24) is 39.7 Å². The number of fused-ring (bicyclic) bond motifs is 1. The van der Waals surface area contributed by atoms with Gasteiger partial charge < -0.3 is 4.90 Å². The lowest BCUT2D eigenvalue weighted by atomic mass is 9.92. The van der Waals surface area contributed by atoms with Crippen LogP contribution in [-0.4, -0.2) is 59.3 Å². The Bertz CT molecular complexity index is 853. The number of aromatic nitrogens is 7. The van der Waals surface area contributed by atoms with Gasteiger partial charge in [-0.3, -0.25) is 4.68 Å². The summed E-state index contributed by atoms with van der Waals surface area (Å²) in [5, 5.41) is 21.5. The molecular formula is C18H26N8. The first-order chi connectivity index (χ1) is 12.5. The van der Waals surface area contributed by atoms with Gasteiger partial charge in [0.05, 0.1) is 18.4 Å². The smallest absolute Gasteiger partial charge is 0.177 e. The van der Waals surface area contributed by atoms with Gasteiger partial charge in [0.2, 0.25) is 0 Å². The minimum Gasteiger partial charge on any atom is -0.301 e. The number of piperidine rings is 1. The van der Waals surface area contributed by atoms with Crippen LogP contribution in [-0.2, 0) is 12.0 Å². The van der Waals surface area contributed by atoms with Gasteiger partial charge in [0, 0.05) is 24.1 Å². The van der Waals surface area contributed by atoms with Crippen molar-refractivity contribution >= 4 is 5.65 Å². The molecule has 1 fully saturated rings. The first kappa shape index (κ1) is 17.1. The van der Waals surface area contributed by atoms with Crippen LogP contribution in [0.25, 0.3) is 5.65 Å². The summed E-state index contributed by atoms with van der Waals surface area (Å²) in [7, 11) is 0. The van der Waals surface area contributed by atoms with Crippen LogP contribution in [0.2, 0.25) is 0 Å². The molecule has 1 aliphatic heterocycles. The lowest BCUT2D eigenvalue weighted by Crippen LogP contribution is -2.35. The van der Waals surface area contributed by atoms with Gasteiger partial charge in [0.25, 0.3) is 0 Å². The van der Waals surface area contributed by atoms with Crippen LogP contribution >= 0.6 is 0 Å². The van der Waals surface area contributed by atoms with Crippen LogP contribution in [0, 0.1) is 0 Å². The van der Waals surface area contributed by atoms with Crippen molar-refractivity contribution in [2.45, 2.75) is 51.5 Å². The molecule has 8 heteroatoms. The molecule has 26 heavy (non-hydrogen) atoms. The van der Waals surface area contributed by atoms with Gasteiger partial charge in [0.1, 0.15) is 0 Å². The van der Waals surface area contributed by atoms with Crippen molar-refractivity contribution < 1.29 is 0 Å². The molecule has 0 aromatic carbocycles. The summed E-state index contributed by atoms with van der Waals surface area (Å²) in [6.07, 6.45) is 5.80. The Balaban J connectivity index is 1.44. The van der Waals surface area contributed by atoms with Crippen LogP contribution < -0.4 is 0 Å². The second-order valence-electron chi connectivity index (χ2n) is 8.08. The summed E-state index contributed by atoms with van der Waals surface area (Å²) >= 11 is 0. The molecule has 4 heterocycles. The van der Waals surface area contributed by atoms with Crippen molar-refractivity contribution in [1.29, 1.82) is 0 Å². The van der Waals surface area contributed by atoms with Crippen LogP contribution in [0.1, 0.15) is 51.0 Å². The fourth-order valence-corrected chi connectivity index (χ4v) is 3.47. The third kappa shape index (κ3) is 3.46. The van der Waals surface area contributed by atoms with Gasteiger partial charge in [-0.1, -0.05) is 26.0 Å². The van der Waals surface area contributed by atoms with Crippen molar-refractivity contribution in [2.24, 2.45) is 0 Å². The van der Waals surface area contributed by atoms with E-state index in [1.165, 1.54) is 0 Å². The molecule has 3 aromatic rings. The highest BCUT2D eigenvalue weighted by molar-refractivity contribution is 5.37. The molecule has 0 amide bonds. The van der Waals surface area contributed by atoms with Gasteiger partial charge >= 0.3 is 0 Å². The number of rotatable bonds is 4. The average Bonchev–Trinajstić information content (AvgIpc) is 3.29. The molecule has 0 unspecified atom stereocenters. The Morgan fingerprint density at radius 2 is 1.88 bits per heavy atom. The molecule has 0 spiro atoms. The maximum Gasteiger partial charge on any atom is 0.177 e. The number of nitrogens with zero attached hydrogens (tertiary/aromatic N) is 8. The largest absolute Gasteiger partial charge is 0.301 e. The molecule has 0 radical (unpaired) electrons. The Labute approximate surface area is 153 Å². The maximum atomic E-state index is 4.83. The molecule has 0 aliphatic carbocycles. The van der Waals surface area contributed by atoms with E-state index in [1.807, 2.05) is 21.5 Å². The zero-order chi connectivity index (χ0) is 18.1. The number of hydrogen-bond donors (Lipinski definition) is 0. The van der Waals surface area contributed by atoms with Crippen LogP contribution in [0.3, 0.4) is 0 Å². The summed E-state index contributed by atoms with van der Waals surface area (Å²) in [6.45, 7) is 10.6. The molecule has 4 rings (SSSR count). The average molecular weight is 354 g/mol.